The molecule has 27 heavy (non-hydrogen) atoms. The molecule has 1 atom stereocenters. The van der Waals surface area contributed by atoms with E-state index in [1.807, 2.05) is 0 Å². The Morgan fingerprint density at radius 2 is 2.00 bits per heavy atom. The van der Waals surface area contributed by atoms with Gasteiger partial charge in [0.25, 0.3) is 0 Å². The zero-order valence-electron chi connectivity index (χ0n) is 14.7. The highest BCUT2D eigenvalue weighted by molar-refractivity contribution is 5.98. The maximum atomic E-state index is 12.9. The van der Waals surface area contributed by atoms with E-state index in [0.29, 0.717) is 25.8 Å². The standard InChI is InChI=1S/C20H20F3NO3/c21-20(22,23)16-6-1-4-14(12-16)19(26)15-5-2-10-24(13-15)18(25)9-8-17-7-3-11-27-17/h1,3-4,6-7,11-12,15H,2,5,8-10,13H2. The summed E-state index contributed by atoms with van der Waals surface area (Å²) < 4.78 is 43.8. The zero-order chi connectivity index (χ0) is 19.4. The van der Waals surface area contributed by atoms with Crippen LogP contribution in [0.1, 0.15) is 40.9 Å². The van der Waals surface area contributed by atoms with E-state index < -0.39 is 17.7 Å². The number of carbonyl (C=O) groups excluding carboxylic acids is 2. The fourth-order valence-corrected chi connectivity index (χ4v) is 3.35. The van der Waals surface area contributed by atoms with Crippen molar-refractivity contribution in [2.45, 2.75) is 31.9 Å². The fraction of sp³-hybridized carbons (Fsp3) is 0.400. The van der Waals surface area contributed by atoms with Crippen LogP contribution in [0.3, 0.4) is 0 Å². The summed E-state index contributed by atoms with van der Waals surface area (Å²) >= 11 is 0. The van der Waals surface area contributed by atoms with Gasteiger partial charge in [0.1, 0.15) is 5.76 Å². The van der Waals surface area contributed by atoms with Gasteiger partial charge in [0, 0.05) is 37.4 Å². The van der Waals surface area contributed by atoms with Crippen molar-refractivity contribution in [1.82, 2.24) is 4.90 Å². The first kappa shape index (κ1) is 19.2. The second-order valence-electron chi connectivity index (χ2n) is 6.70. The summed E-state index contributed by atoms with van der Waals surface area (Å²) in [4.78, 5) is 26.7. The third kappa shape index (κ3) is 4.78. The summed E-state index contributed by atoms with van der Waals surface area (Å²) in [5, 5.41) is 0. The Kier molecular flexibility index (Phi) is 5.68. The van der Waals surface area contributed by atoms with Crippen molar-refractivity contribution < 1.29 is 27.2 Å². The van der Waals surface area contributed by atoms with Crippen molar-refractivity contribution >= 4 is 11.7 Å². The van der Waals surface area contributed by atoms with Crippen LogP contribution in [0.4, 0.5) is 13.2 Å². The molecule has 0 bridgehead atoms. The maximum Gasteiger partial charge on any atom is 0.416 e. The Bertz CT molecular complexity index is 799. The molecule has 0 aliphatic carbocycles. The Labute approximate surface area is 155 Å². The molecule has 0 saturated carbocycles. The first-order valence-electron chi connectivity index (χ1n) is 8.86. The molecule has 144 valence electrons. The molecule has 1 aliphatic rings. The van der Waals surface area contributed by atoms with Crippen LogP contribution in [0.5, 0.6) is 0 Å². The lowest BCUT2D eigenvalue weighted by molar-refractivity contribution is -0.137. The number of ketones is 1. The van der Waals surface area contributed by atoms with Gasteiger partial charge in [-0.15, -0.1) is 0 Å². The lowest BCUT2D eigenvalue weighted by atomic mass is 9.89. The van der Waals surface area contributed by atoms with Gasteiger partial charge in [-0.05, 0) is 37.1 Å². The Morgan fingerprint density at radius 1 is 1.19 bits per heavy atom. The Hall–Kier alpha value is -2.57. The summed E-state index contributed by atoms with van der Waals surface area (Å²) in [5.41, 5.74) is -0.796. The minimum atomic E-state index is -4.49. The van der Waals surface area contributed by atoms with Crippen LogP contribution in [0, 0.1) is 5.92 Å². The number of furan rings is 1. The summed E-state index contributed by atoms with van der Waals surface area (Å²) in [6.45, 7) is 0.801. The second-order valence-corrected chi connectivity index (χ2v) is 6.70. The Morgan fingerprint density at radius 3 is 2.70 bits per heavy atom. The number of alkyl halides is 3. The molecule has 1 aliphatic heterocycles. The molecule has 1 amide bonds. The zero-order valence-corrected chi connectivity index (χ0v) is 14.7. The molecular weight excluding hydrogens is 359 g/mol. The number of likely N-dealkylation sites (tertiary alicyclic amines) is 1. The van der Waals surface area contributed by atoms with Gasteiger partial charge in [0.15, 0.2) is 5.78 Å². The smallest absolute Gasteiger partial charge is 0.416 e. The summed E-state index contributed by atoms with van der Waals surface area (Å²) in [7, 11) is 0. The van der Waals surface area contributed by atoms with Crippen molar-refractivity contribution in [3.05, 3.63) is 59.5 Å². The van der Waals surface area contributed by atoms with Crippen LogP contribution in [-0.4, -0.2) is 29.7 Å². The highest BCUT2D eigenvalue weighted by Gasteiger charge is 2.33. The van der Waals surface area contributed by atoms with Crippen molar-refractivity contribution in [3.63, 3.8) is 0 Å². The van der Waals surface area contributed by atoms with E-state index >= 15 is 0 Å². The van der Waals surface area contributed by atoms with E-state index in [1.165, 1.54) is 12.1 Å². The molecule has 2 aromatic rings. The van der Waals surface area contributed by atoms with Gasteiger partial charge in [-0.25, -0.2) is 0 Å². The summed E-state index contributed by atoms with van der Waals surface area (Å²) in [6, 6.07) is 8.02. The number of piperidine rings is 1. The number of nitrogens with zero attached hydrogens (tertiary/aromatic N) is 1. The number of benzene rings is 1. The van der Waals surface area contributed by atoms with Gasteiger partial charge >= 0.3 is 6.18 Å². The number of hydrogen-bond acceptors (Lipinski definition) is 3. The number of amides is 1. The van der Waals surface area contributed by atoms with E-state index in [4.69, 9.17) is 4.42 Å². The van der Waals surface area contributed by atoms with Crippen LogP contribution >= 0.6 is 0 Å². The molecule has 0 N–H and O–H groups in total. The highest BCUT2D eigenvalue weighted by Crippen LogP contribution is 2.30. The molecule has 0 radical (unpaired) electrons. The maximum absolute atomic E-state index is 12.9. The minimum Gasteiger partial charge on any atom is -0.469 e. The van der Waals surface area contributed by atoms with E-state index in [1.54, 1.807) is 23.3 Å². The number of hydrogen-bond donors (Lipinski definition) is 0. The number of aryl methyl sites for hydroxylation is 1. The van der Waals surface area contributed by atoms with Gasteiger partial charge in [0.2, 0.25) is 5.91 Å². The summed E-state index contributed by atoms with van der Waals surface area (Å²) in [5.74, 6) is -0.177. The minimum absolute atomic E-state index is 0.0414. The molecule has 4 nitrogen and oxygen atoms in total. The van der Waals surface area contributed by atoms with E-state index in [0.717, 1.165) is 17.9 Å². The predicted octanol–water partition coefficient (Wildman–Crippen LogP) is 4.35. The van der Waals surface area contributed by atoms with E-state index in [-0.39, 0.29) is 30.2 Å². The predicted molar refractivity (Wildman–Crippen MR) is 92.1 cm³/mol. The van der Waals surface area contributed by atoms with Crippen LogP contribution < -0.4 is 0 Å². The molecule has 1 saturated heterocycles. The average Bonchev–Trinajstić information content (AvgIpc) is 3.18. The van der Waals surface area contributed by atoms with E-state index in [2.05, 4.69) is 0 Å². The first-order valence-corrected chi connectivity index (χ1v) is 8.86. The molecular formula is C20H20F3NO3. The lowest BCUT2D eigenvalue weighted by Gasteiger charge is -2.32. The van der Waals surface area contributed by atoms with E-state index in [9.17, 15) is 22.8 Å². The van der Waals surface area contributed by atoms with Gasteiger partial charge in [0.05, 0.1) is 11.8 Å². The van der Waals surface area contributed by atoms with Gasteiger partial charge in [-0.1, -0.05) is 12.1 Å². The molecule has 1 unspecified atom stereocenters. The number of halogens is 3. The molecule has 7 heteroatoms. The molecule has 3 rings (SSSR count). The monoisotopic (exact) mass is 379 g/mol. The molecule has 1 fully saturated rings. The van der Waals surface area contributed by atoms with Crippen molar-refractivity contribution in [3.8, 4) is 0 Å². The van der Waals surface area contributed by atoms with Gasteiger partial charge in [-0.2, -0.15) is 13.2 Å². The first-order chi connectivity index (χ1) is 12.8. The number of carbonyl (C=O) groups is 2. The van der Waals surface area contributed by atoms with Crippen molar-refractivity contribution in [2.24, 2.45) is 5.92 Å². The summed E-state index contributed by atoms with van der Waals surface area (Å²) in [6.07, 6.45) is -0.966. The SMILES string of the molecule is O=C(c1cccc(C(F)(F)F)c1)C1CCCN(C(=O)CCc2ccco2)C1. The van der Waals surface area contributed by atoms with Crippen molar-refractivity contribution in [2.75, 3.05) is 13.1 Å². The number of rotatable bonds is 5. The van der Waals surface area contributed by atoms with Crippen LogP contribution in [-0.2, 0) is 17.4 Å². The van der Waals surface area contributed by atoms with Crippen molar-refractivity contribution in [1.29, 1.82) is 0 Å². The number of Topliss-reactive ketones (excluding diaryl/α,β-unsaturated/α-hetero) is 1. The lowest BCUT2D eigenvalue weighted by Crippen LogP contribution is -2.42. The van der Waals surface area contributed by atoms with Gasteiger partial charge in [-0.3, -0.25) is 9.59 Å². The molecule has 1 aromatic heterocycles. The topological polar surface area (TPSA) is 50.5 Å². The molecule has 0 spiro atoms. The van der Waals surface area contributed by atoms with Gasteiger partial charge < -0.3 is 9.32 Å². The average molecular weight is 379 g/mol. The largest absolute Gasteiger partial charge is 0.469 e. The third-order valence-electron chi connectivity index (χ3n) is 4.78. The fourth-order valence-electron chi connectivity index (χ4n) is 3.35. The Balaban J connectivity index is 1.63. The normalized spacial score (nSPS) is 17.7. The third-order valence-corrected chi connectivity index (χ3v) is 4.78. The second kappa shape index (κ2) is 7.98. The van der Waals surface area contributed by atoms with Crippen LogP contribution in [0.15, 0.2) is 47.1 Å². The molecule has 1 aromatic carbocycles. The highest BCUT2D eigenvalue weighted by atomic mass is 19.4. The van der Waals surface area contributed by atoms with Crippen LogP contribution in [0.2, 0.25) is 0 Å². The quantitative estimate of drug-likeness (QED) is 0.726. The van der Waals surface area contributed by atoms with Crippen LogP contribution in [0.25, 0.3) is 0 Å². The molecule has 2 heterocycles.